The third-order valence-corrected chi connectivity index (χ3v) is 7.00. The number of aromatic nitrogens is 3. The number of H-pyrrole nitrogens is 2. The quantitative estimate of drug-likeness (QED) is 0.509. The van der Waals surface area contributed by atoms with Crippen LogP contribution in [0.2, 0.25) is 0 Å². The van der Waals surface area contributed by atoms with Crippen molar-refractivity contribution in [2.24, 2.45) is 0 Å². The smallest absolute Gasteiger partial charge is 0.317 e. The van der Waals surface area contributed by atoms with Gasteiger partial charge in [-0.2, -0.15) is 5.10 Å². The molecule has 0 spiro atoms. The average Bonchev–Trinajstić information content (AvgIpc) is 3.32. The number of allylic oxidation sites excluding steroid dienone is 1. The highest BCUT2D eigenvalue weighted by Gasteiger charge is 2.27. The zero-order valence-corrected chi connectivity index (χ0v) is 19.3. The minimum atomic E-state index is -0.607. The number of carbonyl (C=O) groups is 2. The lowest BCUT2D eigenvalue weighted by molar-refractivity contribution is -0.109. The maximum atomic E-state index is 12.9. The van der Waals surface area contributed by atoms with Gasteiger partial charge >= 0.3 is 6.03 Å². The fourth-order valence-corrected chi connectivity index (χ4v) is 5.16. The summed E-state index contributed by atoms with van der Waals surface area (Å²) in [4.78, 5) is 42.0. The average molecular weight is 460 g/mol. The SMILES string of the molecule is Cc1cc(CC(C=O)NC(=O)N2CCC(c3cc4c([nH]c3=O)CCC=C4)CC2)cc2cn[nH]c12. The number of hydrogen-bond acceptors (Lipinski definition) is 4. The Morgan fingerprint density at radius 1 is 1.29 bits per heavy atom. The fourth-order valence-electron chi connectivity index (χ4n) is 5.16. The van der Waals surface area contributed by atoms with Crippen LogP contribution in [0.3, 0.4) is 0 Å². The van der Waals surface area contributed by atoms with Crippen LogP contribution < -0.4 is 10.9 Å². The molecule has 1 aromatic carbocycles. The van der Waals surface area contributed by atoms with Gasteiger partial charge in [0.2, 0.25) is 0 Å². The molecular weight excluding hydrogens is 430 g/mol. The Balaban J connectivity index is 1.20. The lowest BCUT2D eigenvalue weighted by atomic mass is 9.88. The molecule has 34 heavy (non-hydrogen) atoms. The molecule has 3 heterocycles. The standard InChI is InChI=1S/C26H29N5O3/c1-16-10-17(11-20-14-27-30-24(16)20)12-21(15-32)28-26(34)31-8-6-18(7-9-31)22-13-19-4-2-3-5-23(19)29-25(22)33/h2,4,10-11,13-15,18,21H,3,5-9,12H2,1H3,(H,27,30)(H,28,34)(H,29,33). The van der Waals surface area contributed by atoms with Crippen molar-refractivity contribution in [2.45, 2.75) is 51.0 Å². The lowest BCUT2D eigenvalue weighted by Crippen LogP contribution is -2.49. The van der Waals surface area contributed by atoms with Crippen LogP contribution in [0.25, 0.3) is 17.0 Å². The van der Waals surface area contributed by atoms with Crippen molar-refractivity contribution in [3.63, 3.8) is 0 Å². The van der Waals surface area contributed by atoms with E-state index in [9.17, 15) is 14.4 Å². The third-order valence-electron chi connectivity index (χ3n) is 7.00. The Bertz CT molecular complexity index is 1310. The largest absolute Gasteiger partial charge is 0.328 e. The molecule has 3 N–H and O–H groups in total. The first-order valence-corrected chi connectivity index (χ1v) is 11.9. The van der Waals surface area contributed by atoms with E-state index in [2.05, 4.69) is 32.7 Å². The second-order valence-electron chi connectivity index (χ2n) is 9.33. The minimum absolute atomic E-state index is 0.0112. The van der Waals surface area contributed by atoms with Crippen molar-refractivity contribution in [1.29, 1.82) is 0 Å². The molecule has 2 aromatic heterocycles. The van der Waals surface area contributed by atoms with Crippen molar-refractivity contribution in [3.8, 4) is 0 Å². The van der Waals surface area contributed by atoms with E-state index in [4.69, 9.17) is 0 Å². The summed E-state index contributed by atoms with van der Waals surface area (Å²) in [5, 5.41) is 10.9. The van der Waals surface area contributed by atoms with Crippen LogP contribution in [-0.2, 0) is 17.6 Å². The number of rotatable bonds is 5. The van der Waals surface area contributed by atoms with Gasteiger partial charge in [-0.3, -0.25) is 9.89 Å². The Hall–Kier alpha value is -3.68. The van der Waals surface area contributed by atoms with Gasteiger partial charge < -0.3 is 20.0 Å². The molecular formula is C26H29N5O3. The van der Waals surface area contributed by atoms with E-state index < -0.39 is 6.04 Å². The van der Waals surface area contributed by atoms with Crippen LogP contribution in [0.4, 0.5) is 4.79 Å². The summed E-state index contributed by atoms with van der Waals surface area (Å²) in [6.07, 6.45) is 10.5. The molecule has 3 aromatic rings. The van der Waals surface area contributed by atoms with Gasteiger partial charge in [-0.05, 0) is 73.8 Å². The number of benzene rings is 1. The number of amides is 2. The monoisotopic (exact) mass is 459 g/mol. The number of aromatic amines is 2. The summed E-state index contributed by atoms with van der Waals surface area (Å²) in [6.45, 7) is 3.09. The highest BCUT2D eigenvalue weighted by molar-refractivity contribution is 5.82. The number of aryl methyl sites for hydroxylation is 2. The zero-order valence-electron chi connectivity index (χ0n) is 19.3. The molecule has 2 amide bonds. The van der Waals surface area contributed by atoms with Crippen LogP contribution in [0, 0.1) is 6.92 Å². The van der Waals surface area contributed by atoms with E-state index in [1.54, 1.807) is 11.1 Å². The number of likely N-dealkylation sites (tertiary alicyclic amines) is 1. The highest BCUT2D eigenvalue weighted by Crippen LogP contribution is 2.28. The summed E-state index contributed by atoms with van der Waals surface area (Å²) in [7, 11) is 0. The topological polar surface area (TPSA) is 111 Å². The number of nitrogens with one attached hydrogen (secondary N) is 3. The highest BCUT2D eigenvalue weighted by atomic mass is 16.2. The van der Waals surface area contributed by atoms with Gasteiger partial charge in [0, 0.05) is 29.7 Å². The molecule has 0 radical (unpaired) electrons. The number of aldehydes is 1. The maximum Gasteiger partial charge on any atom is 0.317 e. The van der Waals surface area contributed by atoms with Gasteiger partial charge in [0.1, 0.15) is 6.29 Å². The number of carbonyl (C=O) groups excluding carboxylic acids is 2. The molecule has 0 saturated carbocycles. The number of nitrogens with zero attached hydrogens (tertiary/aromatic N) is 2. The van der Waals surface area contributed by atoms with E-state index in [1.165, 1.54) is 0 Å². The second-order valence-corrected chi connectivity index (χ2v) is 9.33. The maximum absolute atomic E-state index is 12.9. The predicted octanol–water partition coefficient (Wildman–Crippen LogP) is 3.22. The minimum Gasteiger partial charge on any atom is -0.328 e. The van der Waals surface area contributed by atoms with Gasteiger partial charge in [-0.15, -0.1) is 0 Å². The van der Waals surface area contributed by atoms with Crippen molar-refractivity contribution >= 4 is 29.3 Å². The summed E-state index contributed by atoms with van der Waals surface area (Å²) < 4.78 is 0. The molecule has 5 rings (SSSR count). The van der Waals surface area contributed by atoms with Gasteiger partial charge in [0.25, 0.3) is 5.56 Å². The van der Waals surface area contributed by atoms with E-state index in [1.807, 2.05) is 25.1 Å². The molecule has 1 unspecified atom stereocenters. The van der Waals surface area contributed by atoms with Gasteiger partial charge in [-0.1, -0.05) is 18.2 Å². The number of urea groups is 1. The van der Waals surface area contributed by atoms with E-state index in [-0.39, 0.29) is 17.5 Å². The molecule has 1 fully saturated rings. The van der Waals surface area contributed by atoms with E-state index in [0.717, 1.165) is 70.8 Å². The first-order chi connectivity index (χ1) is 16.5. The number of pyridine rings is 1. The van der Waals surface area contributed by atoms with Crippen LogP contribution >= 0.6 is 0 Å². The Labute approximate surface area is 197 Å². The number of hydrogen-bond donors (Lipinski definition) is 3. The van der Waals surface area contributed by atoms with Crippen molar-refractivity contribution in [3.05, 3.63) is 68.8 Å². The van der Waals surface area contributed by atoms with Crippen LogP contribution in [0.5, 0.6) is 0 Å². The first kappa shape index (κ1) is 22.1. The normalized spacial score (nSPS) is 16.9. The molecule has 0 bridgehead atoms. The zero-order chi connectivity index (χ0) is 23.7. The van der Waals surface area contributed by atoms with Crippen molar-refractivity contribution < 1.29 is 9.59 Å². The molecule has 2 aliphatic rings. The summed E-state index contributed by atoms with van der Waals surface area (Å²) >= 11 is 0. The molecule has 176 valence electrons. The van der Waals surface area contributed by atoms with Crippen LogP contribution in [0.1, 0.15) is 53.1 Å². The number of fused-ring (bicyclic) bond motifs is 2. The predicted molar refractivity (Wildman–Crippen MR) is 131 cm³/mol. The summed E-state index contributed by atoms with van der Waals surface area (Å²) in [6, 6.07) is 5.18. The molecule has 8 nitrogen and oxygen atoms in total. The summed E-state index contributed by atoms with van der Waals surface area (Å²) in [5.41, 5.74) is 5.91. The molecule has 1 aliphatic heterocycles. The van der Waals surface area contributed by atoms with Crippen LogP contribution in [0.15, 0.2) is 35.3 Å². The van der Waals surface area contributed by atoms with Crippen LogP contribution in [-0.4, -0.2) is 51.5 Å². The van der Waals surface area contributed by atoms with Gasteiger partial charge in [-0.25, -0.2) is 4.79 Å². The fraction of sp³-hybridized carbons (Fsp3) is 0.385. The van der Waals surface area contributed by atoms with E-state index >= 15 is 0 Å². The second kappa shape index (κ2) is 9.29. The number of piperidine rings is 1. The van der Waals surface area contributed by atoms with E-state index in [0.29, 0.717) is 19.5 Å². The molecule has 1 saturated heterocycles. The molecule has 1 aliphatic carbocycles. The van der Waals surface area contributed by atoms with Crippen molar-refractivity contribution in [2.75, 3.05) is 13.1 Å². The molecule has 1 atom stereocenters. The Morgan fingerprint density at radius 3 is 2.91 bits per heavy atom. The molecule has 8 heteroatoms. The Kier molecular flexibility index (Phi) is 6.04. The lowest BCUT2D eigenvalue weighted by Gasteiger charge is -2.33. The third kappa shape index (κ3) is 4.40. The van der Waals surface area contributed by atoms with Crippen molar-refractivity contribution in [1.82, 2.24) is 25.4 Å². The van der Waals surface area contributed by atoms with Gasteiger partial charge in [0.05, 0.1) is 17.8 Å². The van der Waals surface area contributed by atoms with Gasteiger partial charge in [0.15, 0.2) is 0 Å². The Morgan fingerprint density at radius 2 is 2.12 bits per heavy atom. The summed E-state index contributed by atoms with van der Waals surface area (Å²) in [5.74, 6) is 0.125. The first-order valence-electron chi connectivity index (χ1n) is 11.9.